The third kappa shape index (κ3) is 3.42. The monoisotopic (exact) mass is 168 g/mol. The van der Waals surface area contributed by atoms with Crippen LogP contribution in [-0.4, -0.2) is 0 Å². The summed E-state index contributed by atoms with van der Waals surface area (Å²) < 4.78 is 0. The molecule has 0 amide bonds. The van der Waals surface area contributed by atoms with Gasteiger partial charge in [-0.15, -0.1) is 0 Å². The molecule has 0 aromatic carbocycles. The SMILES string of the molecule is CC=CC(C(C)CC)C(C)(C)C. The van der Waals surface area contributed by atoms with Crippen LogP contribution in [0.3, 0.4) is 0 Å². The second-order valence-corrected chi connectivity index (χ2v) is 4.80. The van der Waals surface area contributed by atoms with Crippen LogP contribution in [0.2, 0.25) is 0 Å². The molecule has 0 spiro atoms. The standard InChI is InChI=1S/C12H24/c1-7-9-11(10(3)8-2)12(4,5)6/h7,9-11H,8H2,1-6H3. The zero-order valence-electron chi connectivity index (χ0n) is 9.52. The second kappa shape index (κ2) is 4.69. The van der Waals surface area contributed by atoms with Crippen molar-refractivity contribution in [2.24, 2.45) is 17.3 Å². The van der Waals surface area contributed by atoms with E-state index >= 15 is 0 Å². The third-order valence-corrected chi connectivity index (χ3v) is 2.66. The van der Waals surface area contributed by atoms with Crippen molar-refractivity contribution < 1.29 is 0 Å². The van der Waals surface area contributed by atoms with E-state index in [0.29, 0.717) is 11.3 Å². The number of allylic oxidation sites excluding steroid dienone is 2. The summed E-state index contributed by atoms with van der Waals surface area (Å²) in [7, 11) is 0. The molecule has 0 fully saturated rings. The van der Waals surface area contributed by atoms with Gasteiger partial charge in [0, 0.05) is 0 Å². The highest BCUT2D eigenvalue weighted by Crippen LogP contribution is 2.34. The van der Waals surface area contributed by atoms with Crippen molar-refractivity contribution in [3.63, 3.8) is 0 Å². The van der Waals surface area contributed by atoms with Crippen LogP contribution < -0.4 is 0 Å². The molecule has 0 aliphatic heterocycles. The molecule has 0 saturated carbocycles. The molecule has 0 saturated heterocycles. The normalized spacial score (nSPS) is 18.2. The van der Waals surface area contributed by atoms with Gasteiger partial charge in [0.1, 0.15) is 0 Å². The molecule has 0 aliphatic carbocycles. The molecule has 2 atom stereocenters. The Morgan fingerprint density at radius 1 is 1.25 bits per heavy atom. The van der Waals surface area contributed by atoms with Gasteiger partial charge in [0.15, 0.2) is 0 Å². The van der Waals surface area contributed by atoms with Gasteiger partial charge in [-0.05, 0) is 24.2 Å². The Morgan fingerprint density at radius 3 is 2.00 bits per heavy atom. The molecule has 0 rings (SSSR count). The van der Waals surface area contributed by atoms with Gasteiger partial charge in [-0.3, -0.25) is 0 Å². The Morgan fingerprint density at radius 2 is 1.75 bits per heavy atom. The number of hydrogen-bond donors (Lipinski definition) is 0. The Kier molecular flexibility index (Phi) is 4.59. The fraction of sp³-hybridized carbons (Fsp3) is 0.833. The maximum atomic E-state index is 2.36. The largest absolute Gasteiger partial charge is 0.0914 e. The van der Waals surface area contributed by atoms with Gasteiger partial charge in [0.2, 0.25) is 0 Å². The minimum atomic E-state index is 0.405. The van der Waals surface area contributed by atoms with E-state index < -0.39 is 0 Å². The molecule has 0 N–H and O–H groups in total. The van der Waals surface area contributed by atoms with Gasteiger partial charge in [-0.1, -0.05) is 53.2 Å². The average molecular weight is 168 g/mol. The molecule has 72 valence electrons. The van der Waals surface area contributed by atoms with E-state index in [9.17, 15) is 0 Å². The molecule has 0 aromatic heterocycles. The molecular formula is C12H24. The fourth-order valence-electron chi connectivity index (χ4n) is 1.79. The first-order chi connectivity index (χ1) is 5.43. The number of rotatable bonds is 3. The lowest BCUT2D eigenvalue weighted by Gasteiger charge is -2.32. The highest BCUT2D eigenvalue weighted by molar-refractivity contribution is 4.94. The van der Waals surface area contributed by atoms with Crippen molar-refractivity contribution in [3.05, 3.63) is 12.2 Å². The molecule has 0 aliphatic rings. The van der Waals surface area contributed by atoms with E-state index in [0.717, 1.165) is 5.92 Å². The molecular weight excluding hydrogens is 144 g/mol. The lowest BCUT2D eigenvalue weighted by molar-refractivity contribution is 0.214. The zero-order valence-corrected chi connectivity index (χ0v) is 9.52. The Labute approximate surface area is 78.1 Å². The summed E-state index contributed by atoms with van der Waals surface area (Å²) in [6.45, 7) is 13.7. The second-order valence-electron chi connectivity index (χ2n) is 4.80. The van der Waals surface area contributed by atoms with E-state index in [2.05, 4.69) is 53.7 Å². The van der Waals surface area contributed by atoms with Gasteiger partial charge < -0.3 is 0 Å². The topological polar surface area (TPSA) is 0 Å². The predicted octanol–water partition coefficient (Wildman–Crippen LogP) is 4.27. The summed E-state index contributed by atoms with van der Waals surface area (Å²) in [6, 6.07) is 0. The first-order valence-corrected chi connectivity index (χ1v) is 5.06. The van der Waals surface area contributed by atoms with E-state index in [1.54, 1.807) is 0 Å². The van der Waals surface area contributed by atoms with Crippen LogP contribution in [0.1, 0.15) is 48.0 Å². The third-order valence-electron chi connectivity index (χ3n) is 2.66. The molecule has 0 heterocycles. The highest BCUT2D eigenvalue weighted by Gasteiger charge is 2.25. The molecule has 0 bridgehead atoms. The van der Waals surface area contributed by atoms with E-state index in [4.69, 9.17) is 0 Å². The van der Waals surface area contributed by atoms with Crippen LogP contribution in [-0.2, 0) is 0 Å². The lowest BCUT2D eigenvalue weighted by atomic mass is 9.73. The predicted molar refractivity (Wildman–Crippen MR) is 57.2 cm³/mol. The lowest BCUT2D eigenvalue weighted by Crippen LogP contribution is -2.24. The number of hydrogen-bond acceptors (Lipinski definition) is 0. The maximum absolute atomic E-state index is 2.36. The van der Waals surface area contributed by atoms with Crippen molar-refractivity contribution in [1.29, 1.82) is 0 Å². The molecule has 12 heavy (non-hydrogen) atoms. The van der Waals surface area contributed by atoms with Crippen LogP contribution >= 0.6 is 0 Å². The maximum Gasteiger partial charge on any atom is -0.0159 e. The van der Waals surface area contributed by atoms with Crippen LogP contribution in [0.15, 0.2) is 12.2 Å². The van der Waals surface area contributed by atoms with Gasteiger partial charge in [-0.25, -0.2) is 0 Å². The molecule has 0 nitrogen and oxygen atoms in total. The first-order valence-electron chi connectivity index (χ1n) is 5.06. The Bertz CT molecular complexity index is 137. The van der Waals surface area contributed by atoms with Crippen molar-refractivity contribution in [2.75, 3.05) is 0 Å². The summed E-state index contributed by atoms with van der Waals surface area (Å²) in [5, 5.41) is 0. The van der Waals surface area contributed by atoms with E-state index in [1.165, 1.54) is 6.42 Å². The van der Waals surface area contributed by atoms with Crippen molar-refractivity contribution in [3.8, 4) is 0 Å². The summed E-state index contributed by atoms with van der Waals surface area (Å²) in [5.41, 5.74) is 0.405. The van der Waals surface area contributed by atoms with Crippen molar-refractivity contribution in [2.45, 2.75) is 48.0 Å². The smallest absolute Gasteiger partial charge is 0.0159 e. The molecule has 0 radical (unpaired) electrons. The van der Waals surface area contributed by atoms with Gasteiger partial charge in [-0.2, -0.15) is 0 Å². The van der Waals surface area contributed by atoms with Crippen molar-refractivity contribution >= 4 is 0 Å². The van der Waals surface area contributed by atoms with Crippen LogP contribution in [0.25, 0.3) is 0 Å². The zero-order chi connectivity index (χ0) is 9.78. The van der Waals surface area contributed by atoms with Gasteiger partial charge >= 0.3 is 0 Å². The summed E-state index contributed by atoms with van der Waals surface area (Å²) in [5.74, 6) is 1.51. The average Bonchev–Trinajstić information content (AvgIpc) is 1.96. The van der Waals surface area contributed by atoms with Crippen molar-refractivity contribution in [1.82, 2.24) is 0 Å². The quantitative estimate of drug-likeness (QED) is 0.552. The Balaban J connectivity index is 4.44. The van der Waals surface area contributed by atoms with Crippen LogP contribution in [0, 0.1) is 17.3 Å². The van der Waals surface area contributed by atoms with E-state index in [1.807, 2.05) is 0 Å². The summed E-state index contributed by atoms with van der Waals surface area (Å²) in [6.07, 6.45) is 5.81. The van der Waals surface area contributed by atoms with E-state index in [-0.39, 0.29) is 0 Å². The van der Waals surface area contributed by atoms with Gasteiger partial charge in [0.25, 0.3) is 0 Å². The summed E-state index contributed by atoms with van der Waals surface area (Å²) >= 11 is 0. The van der Waals surface area contributed by atoms with Gasteiger partial charge in [0.05, 0.1) is 0 Å². The van der Waals surface area contributed by atoms with Crippen LogP contribution in [0.4, 0.5) is 0 Å². The minimum Gasteiger partial charge on any atom is -0.0914 e. The minimum absolute atomic E-state index is 0.405. The summed E-state index contributed by atoms with van der Waals surface area (Å²) in [4.78, 5) is 0. The molecule has 0 heteroatoms. The first kappa shape index (κ1) is 11.7. The highest BCUT2D eigenvalue weighted by atomic mass is 14.3. The molecule has 0 aromatic rings. The fourth-order valence-corrected chi connectivity index (χ4v) is 1.79. The molecule has 2 unspecified atom stereocenters. The van der Waals surface area contributed by atoms with Crippen LogP contribution in [0.5, 0.6) is 0 Å². The Hall–Kier alpha value is -0.260.